The van der Waals surface area contributed by atoms with Gasteiger partial charge in [0.05, 0.1) is 5.69 Å². The Bertz CT molecular complexity index is 1190. The number of rotatable bonds is 5. The average molecular weight is 403 g/mol. The van der Waals surface area contributed by atoms with Gasteiger partial charge >= 0.3 is 0 Å². The van der Waals surface area contributed by atoms with Gasteiger partial charge in [-0.1, -0.05) is 0 Å². The van der Waals surface area contributed by atoms with E-state index in [0.29, 0.717) is 28.7 Å². The highest BCUT2D eigenvalue weighted by Gasteiger charge is 2.09. The maximum absolute atomic E-state index is 13.0. The topological polar surface area (TPSA) is 81.9 Å². The molecule has 4 aromatic rings. The molecule has 0 spiro atoms. The molecule has 2 aromatic carbocycles. The molecule has 0 saturated heterocycles. The molecule has 0 aliphatic rings. The van der Waals surface area contributed by atoms with Gasteiger partial charge in [0, 0.05) is 23.0 Å². The third-order valence-electron chi connectivity index (χ3n) is 4.57. The predicted molar refractivity (Wildman–Crippen MR) is 109 cm³/mol. The Morgan fingerprint density at radius 2 is 1.73 bits per heavy atom. The van der Waals surface area contributed by atoms with Gasteiger partial charge in [0.15, 0.2) is 0 Å². The maximum Gasteiger partial charge on any atom is 0.255 e. The molecule has 150 valence electrons. The van der Waals surface area contributed by atoms with E-state index in [1.807, 2.05) is 18.4 Å². The van der Waals surface area contributed by atoms with Crippen molar-refractivity contribution in [3.63, 3.8) is 0 Å². The molecule has 4 rings (SSSR count). The minimum absolute atomic E-state index is 0.324. The summed E-state index contributed by atoms with van der Waals surface area (Å²) in [7, 11) is 0. The number of hydrogen-bond acceptors (Lipinski definition) is 5. The Morgan fingerprint density at radius 3 is 2.40 bits per heavy atom. The quantitative estimate of drug-likeness (QED) is 0.532. The summed E-state index contributed by atoms with van der Waals surface area (Å²) in [6, 6.07) is 13.9. The average Bonchev–Trinajstić information content (AvgIpc) is 3.08. The zero-order chi connectivity index (χ0) is 21.1. The molecular formula is C22H18FN5O2. The van der Waals surface area contributed by atoms with E-state index in [-0.39, 0.29) is 11.7 Å². The highest BCUT2D eigenvalue weighted by Crippen LogP contribution is 2.23. The number of carbonyl (C=O) groups excluding carboxylic acids is 1. The van der Waals surface area contributed by atoms with Crippen LogP contribution in [0.2, 0.25) is 0 Å². The Morgan fingerprint density at radius 1 is 1.00 bits per heavy atom. The van der Waals surface area contributed by atoms with Gasteiger partial charge < -0.3 is 10.1 Å². The van der Waals surface area contributed by atoms with Crippen molar-refractivity contribution in [2.75, 3.05) is 5.32 Å². The van der Waals surface area contributed by atoms with Crippen LogP contribution in [0.4, 0.5) is 10.1 Å². The fourth-order valence-electron chi connectivity index (χ4n) is 2.78. The first kappa shape index (κ1) is 19.3. The van der Waals surface area contributed by atoms with Gasteiger partial charge in [0.25, 0.3) is 5.91 Å². The molecule has 2 aromatic heterocycles. The monoisotopic (exact) mass is 403 g/mol. The van der Waals surface area contributed by atoms with Crippen LogP contribution in [0.3, 0.4) is 0 Å². The standard InChI is InChI=1S/C22H18FN5O2/c1-14-15(2)28(13-26-14)20-11-21(25-12-24-20)30-19-9-7-18(8-10-19)27-22(29)16-3-5-17(23)6-4-16/h3-13H,1-2H3,(H,27,29). The lowest BCUT2D eigenvalue weighted by Gasteiger charge is -2.09. The van der Waals surface area contributed by atoms with Crippen LogP contribution in [0.5, 0.6) is 11.6 Å². The number of aryl methyl sites for hydroxylation is 1. The number of imidazole rings is 1. The first-order valence-electron chi connectivity index (χ1n) is 9.17. The van der Waals surface area contributed by atoms with E-state index in [2.05, 4.69) is 20.3 Å². The summed E-state index contributed by atoms with van der Waals surface area (Å²) in [4.78, 5) is 24.9. The van der Waals surface area contributed by atoms with Gasteiger partial charge in [-0.2, -0.15) is 0 Å². The highest BCUT2D eigenvalue weighted by atomic mass is 19.1. The zero-order valence-electron chi connectivity index (χ0n) is 16.3. The normalized spacial score (nSPS) is 10.6. The summed E-state index contributed by atoms with van der Waals surface area (Å²) < 4.78 is 20.6. The summed E-state index contributed by atoms with van der Waals surface area (Å²) in [5.41, 5.74) is 2.87. The van der Waals surface area contributed by atoms with Gasteiger partial charge in [-0.25, -0.2) is 19.3 Å². The van der Waals surface area contributed by atoms with Crippen molar-refractivity contribution >= 4 is 11.6 Å². The maximum atomic E-state index is 13.0. The van der Waals surface area contributed by atoms with Crippen molar-refractivity contribution in [3.05, 3.63) is 90.0 Å². The molecule has 30 heavy (non-hydrogen) atoms. The summed E-state index contributed by atoms with van der Waals surface area (Å²) in [6.45, 7) is 3.89. The summed E-state index contributed by atoms with van der Waals surface area (Å²) in [5.74, 6) is 0.877. The summed E-state index contributed by atoms with van der Waals surface area (Å²) >= 11 is 0. The van der Waals surface area contributed by atoms with E-state index < -0.39 is 0 Å². The molecule has 0 aliphatic carbocycles. The Hall–Kier alpha value is -4.07. The molecule has 0 unspecified atom stereocenters. The number of ether oxygens (including phenoxy) is 1. The molecular weight excluding hydrogens is 385 g/mol. The smallest absolute Gasteiger partial charge is 0.255 e. The van der Waals surface area contributed by atoms with E-state index in [0.717, 1.165) is 11.4 Å². The summed E-state index contributed by atoms with van der Waals surface area (Å²) in [6.07, 6.45) is 3.13. The molecule has 1 amide bonds. The lowest BCUT2D eigenvalue weighted by atomic mass is 10.2. The number of nitrogens with one attached hydrogen (secondary N) is 1. The first-order valence-corrected chi connectivity index (χ1v) is 9.17. The van der Waals surface area contributed by atoms with Crippen LogP contribution in [0.25, 0.3) is 5.82 Å². The fourth-order valence-corrected chi connectivity index (χ4v) is 2.78. The van der Waals surface area contributed by atoms with Gasteiger partial charge in [0.2, 0.25) is 5.88 Å². The van der Waals surface area contributed by atoms with Crippen LogP contribution in [0.1, 0.15) is 21.7 Å². The van der Waals surface area contributed by atoms with E-state index in [1.165, 1.54) is 30.6 Å². The number of halogens is 1. The van der Waals surface area contributed by atoms with Crippen molar-refractivity contribution in [1.29, 1.82) is 0 Å². The van der Waals surface area contributed by atoms with Crippen molar-refractivity contribution in [2.45, 2.75) is 13.8 Å². The molecule has 0 radical (unpaired) electrons. The molecule has 0 fully saturated rings. The van der Waals surface area contributed by atoms with E-state index in [4.69, 9.17) is 4.74 Å². The van der Waals surface area contributed by atoms with Crippen LogP contribution in [-0.4, -0.2) is 25.4 Å². The number of nitrogens with zero attached hydrogens (tertiary/aromatic N) is 4. The van der Waals surface area contributed by atoms with Crippen LogP contribution < -0.4 is 10.1 Å². The fraction of sp³-hybridized carbons (Fsp3) is 0.0909. The van der Waals surface area contributed by atoms with Crippen molar-refractivity contribution in [2.24, 2.45) is 0 Å². The first-order chi connectivity index (χ1) is 14.5. The number of anilines is 1. The van der Waals surface area contributed by atoms with Crippen molar-refractivity contribution < 1.29 is 13.9 Å². The molecule has 8 heteroatoms. The van der Waals surface area contributed by atoms with Gasteiger partial charge in [0.1, 0.15) is 30.0 Å². The molecule has 0 bridgehead atoms. The molecule has 0 atom stereocenters. The minimum atomic E-state index is -0.390. The lowest BCUT2D eigenvalue weighted by molar-refractivity contribution is 0.102. The molecule has 1 N–H and O–H groups in total. The van der Waals surface area contributed by atoms with Gasteiger partial charge in [-0.15, -0.1) is 0 Å². The molecule has 0 aliphatic heterocycles. The third kappa shape index (κ3) is 4.17. The largest absolute Gasteiger partial charge is 0.439 e. The van der Waals surface area contributed by atoms with Crippen molar-refractivity contribution in [3.8, 4) is 17.4 Å². The number of aromatic nitrogens is 4. The predicted octanol–water partition coefficient (Wildman–Crippen LogP) is 4.46. The number of benzene rings is 2. The van der Waals surface area contributed by atoms with Crippen LogP contribution in [-0.2, 0) is 0 Å². The number of hydrogen-bond donors (Lipinski definition) is 1. The van der Waals surface area contributed by atoms with Crippen LogP contribution in [0.15, 0.2) is 67.3 Å². The number of carbonyl (C=O) groups is 1. The molecule has 7 nitrogen and oxygen atoms in total. The Kier molecular flexibility index (Phi) is 5.21. The lowest BCUT2D eigenvalue weighted by Crippen LogP contribution is -2.11. The van der Waals surface area contributed by atoms with Crippen molar-refractivity contribution in [1.82, 2.24) is 19.5 Å². The number of amides is 1. The highest BCUT2D eigenvalue weighted by molar-refractivity contribution is 6.04. The van der Waals surface area contributed by atoms with Crippen LogP contribution in [0, 0.1) is 19.7 Å². The van der Waals surface area contributed by atoms with Crippen LogP contribution >= 0.6 is 0 Å². The Balaban J connectivity index is 1.45. The molecule has 0 saturated carbocycles. The van der Waals surface area contributed by atoms with E-state index in [9.17, 15) is 9.18 Å². The minimum Gasteiger partial charge on any atom is -0.439 e. The second-order valence-electron chi connectivity index (χ2n) is 6.59. The second-order valence-corrected chi connectivity index (χ2v) is 6.59. The van der Waals surface area contributed by atoms with Gasteiger partial charge in [-0.05, 0) is 62.4 Å². The van der Waals surface area contributed by atoms with Gasteiger partial charge in [-0.3, -0.25) is 9.36 Å². The summed E-state index contributed by atoms with van der Waals surface area (Å²) in [5, 5.41) is 2.76. The van der Waals surface area contributed by atoms with E-state index >= 15 is 0 Å². The Labute approximate surface area is 172 Å². The third-order valence-corrected chi connectivity index (χ3v) is 4.57. The second kappa shape index (κ2) is 8.12. The zero-order valence-corrected chi connectivity index (χ0v) is 16.3. The van der Waals surface area contributed by atoms with E-state index in [1.54, 1.807) is 36.7 Å². The SMILES string of the molecule is Cc1ncn(-c2cc(Oc3ccc(NC(=O)c4ccc(F)cc4)cc3)ncn2)c1C. The molecule has 2 heterocycles.